The molecule has 1 aliphatic heterocycles. The molecule has 0 bridgehead atoms. The van der Waals surface area contributed by atoms with Crippen molar-refractivity contribution in [1.82, 2.24) is 14.8 Å². The van der Waals surface area contributed by atoms with Gasteiger partial charge in [0.2, 0.25) is 11.8 Å². The summed E-state index contributed by atoms with van der Waals surface area (Å²) in [6, 6.07) is 15.1. The molecule has 13 heteroatoms. The number of rotatable bonds is 7. The van der Waals surface area contributed by atoms with Crippen LogP contribution in [0.15, 0.2) is 60.8 Å². The van der Waals surface area contributed by atoms with Gasteiger partial charge in [0.05, 0.1) is 5.41 Å². The smallest absolute Gasteiger partial charge is 0.444 e. The summed E-state index contributed by atoms with van der Waals surface area (Å²) in [5, 5.41) is 5.43. The van der Waals surface area contributed by atoms with Crippen LogP contribution in [0.4, 0.5) is 29.5 Å². The van der Waals surface area contributed by atoms with Crippen molar-refractivity contribution in [1.29, 1.82) is 0 Å². The van der Waals surface area contributed by atoms with Gasteiger partial charge in [0.1, 0.15) is 18.0 Å². The summed E-state index contributed by atoms with van der Waals surface area (Å²) < 4.78 is 46.3. The highest BCUT2D eigenvalue weighted by Gasteiger charge is 2.51. The number of alkyl halides is 3. The van der Waals surface area contributed by atoms with Crippen molar-refractivity contribution in [3.63, 3.8) is 0 Å². The standard InChI is InChI=1S/C33H34F3N5O5/c1-31(2,3)46-30(45)40(4)17-21-8-5-6-9-22(21)18-41(29(44)33(34,35)36)19-26(42)38-24-12-11-20-15-32(16-23(20)14-24)25-10-7-13-37-27(25)39-28(32)43/h5-14H,15-19H2,1-4H3,(H,38,42)(H,37,39,43). The number of anilines is 2. The van der Waals surface area contributed by atoms with Crippen molar-refractivity contribution in [2.24, 2.45) is 0 Å². The van der Waals surface area contributed by atoms with Crippen molar-refractivity contribution in [2.45, 2.75) is 63.9 Å². The van der Waals surface area contributed by atoms with E-state index < -0.39 is 48.2 Å². The van der Waals surface area contributed by atoms with E-state index in [1.54, 1.807) is 69.4 Å². The van der Waals surface area contributed by atoms with Crippen LogP contribution in [-0.2, 0) is 50.5 Å². The van der Waals surface area contributed by atoms with Gasteiger partial charge in [-0.15, -0.1) is 0 Å². The molecule has 2 aromatic carbocycles. The normalized spacial score (nSPS) is 16.8. The maximum atomic E-state index is 13.7. The van der Waals surface area contributed by atoms with Crippen LogP contribution in [0.2, 0.25) is 0 Å². The molecule has 5 rings (SSSR count). The van der Waals surface area contributed by atoms with E-state index in [2.05, 4.69) is 15.6 Å². The van der Waals surface area contributed by atoms with Gasteiger partial charge in [-0.1, -0.05) is 36.4 Å². The lowest BCUT2D eigenvalue weighted by Crippen LogP contribution is -2.44. The summed E-state index contributed by atoms with van der Waals surface area (Å²) in [6.45, 7) is 3.73. The van der Waals surface area contributed by atoms with Crippen LogP contribution < -0.4 is 10.6 Å². The Morgan fingerprint density at radius 1 is 0.978 bits per heavy atom. The third-order valence-electron chi connectivity index (χ3n) is 7.92. The van der Waals surface area contributed by atoms with Crippen LogP contribution in [0.3, 0.4) is 0 Å². The predicted octanol–water partition coefficient (Wildman–Crippen LogP) is 4.97. The van der Waals surface area contributed by atoms with E-state index in [0.717, 1.165) is 16.7 Å². The molecule has 1 unspecified atom stereocenters. The monoisotopic (exact) mass is 637 g/mol. The molecule has 1 aromatic heterocycles. The lowest BCUT2D eigenvalue weighted by Gasteiger charge is -2.27. The number of benzene rings is 2. The number of hydrogen-bond acceptors (Lipinski definition) is 6. The summed E-state index contributed by atoms with van der Waals surface area (Å²) in [5.74, 6) is -2.65. The number of amides is 4. The molecule has 1 spiro atoms. The van der Waals surface area contributed by atoms with Crippen molar-refractivity contribution in [3.8, 4) is 0 Å². The number of carbonyl (C=O) groups excluding carboxylic acids is 4. The van der Waals surface area contributed by atoms with Gasteiger partial charge in [0.25, 0.3) is 0 Å². The Balaban J connectivity index is 1.30. The fourth-order valence-electron chi connectivity index (χ4n) is 5.83. The maximum Gasteiger partial charge on any atom is 0.471 e. The Kier molecular flexibility index (Phi) is 8.54. The van der Waals surface area contributed by atoms with Gasteiger partial charge in [-0.05, 0) is 74.1 Å². The van der Waals surface area contributed by atoms with E-state index in [4.69, 9.17) is 4.74 Å². The Morgan fingerprint density at radius 2 is 1.65 bits per heavy atom. The summed E-state index contributed by atoms with van der Waals surface area (Å²) in [6.07, 6.45) is -3.44. The van der Waals surface area contributed by atoms with Crippen molar-refractivity contribution < 1.29 is 37.1 Å². The number of carbonyl (C=O) groups is 4. The highest BCUT2D eigenvalue weighted by molar-refractivity contribution is 6.06. The highest BCUT2D eigenvalue weighted by atomic mass is 19.4. The van der Waals surface area contributed by atoms with Gasteiger partial charge >= 0.3 is 18.2 Å². The first-order valence-corrected chi connectivity index (χ1v) is 14.6. The van der Waals surface area contributed by atoms with Crippen LogP contribution in [0.25, 0.3) is 0 Å². The Hall–Kier alpha value is -4.94. The molecule has 1 atom stereocenters. The van der Waals surface area contributed by atoms with Crippen LogP contribution in [0.1, 0.15) is 48.6 Å². The number of hydrogen-bond donors (Lipinski definition) is 2. The van der Waals surface area contributed by atoms with Crippen LogP contribution in [-0.4, -0.2) is 64.0 Å². The van der Waals surface area contributed by atoms with Crippen LogP contribution >= 0.6 is 0 Å². The molecular formula is C33H34F3N5O5. The maximum absolute atomic E-state index is 13.7. The number of fused-ring (bicyclic) bond motifs is 3. The number of pyridine rings is 1. The zero-order valence-corrected chi connectivity index (χ0v) is 25.8. The fourth-order valence-corrected chi connectivity index (χ4v) is 5.83. The Bertz CT molecular complexity index is 1700. The van der Waals surface area contributed by atoms with E-state index in [1.807, 2.05) is 6.07 Å². The number of nitrogens with one attached hydrogen (secondary N) is 2. The second kappa shape index (κ2) is 12.1. The minimum Gasteiger partial charge on any atom is -0.444 e. The molecule has 0 saturated heterocycles. The lowest BCUT2D eigenvalue weighted by atomic mass is 9.79. The van der Waals surface area contributed by atoms with Gasteiger partial charge in [0.15, 0.2) is 0 Å². The van der Waals surface area contributed by atoms with Gasteiger partial charge in [0, 0.05) is 37.6 Å². The predicted molar refractivity (Wildman–Crippen MR) is 163 cm³/mol. The molecule has 2 aliphatic rings. The molecule has 0 radical (unpaired) electrons. The van der Waals surface area contributed by atoms with Crippen LogP contribution in [0, 0.1) is 0 Å². The Labute approximate surface area is 263 Å². The first-order valence-electron chi connectivity index (χ1n) is 14.6. The average molecular weight is 638 g/mol. The second-order valence-electron chi connectivity index (χ2n) is 12.6. The topological polar surface area (TPSA) is 121 Å². The zero-order chi connectivity index (χ0) is 33.4. The molecule has 1 aliphatic carbocycles. The van der Waals surface area contributed by atoms with Gasteiger partial charge < -0.3 is 25.2 Å². The minimum absolute atomic E-state index is 0.000504. The molecule has 46 heavy (non-hydrogen) atoms. The molecule has 2 N–H and O–H groups in total. The van der Waals surface area contributed by atoms with Gasteiger partial charge in [-0.3, -0.25) is 14.4 Å². The molecule has 4 amide bonds. The zero-order valence-electron chi connectivity index (χ0n) is 25.8. The van der Waals surface area contributed by atoms with Crippen molar-refractivity contribution in [2.75, 3.05) is 24.2 Å². The molecule has 3 aromatic rings. The van der Waals surface area contributed by atoms with E-state index in [1.165, 1.54) is 18.0 Å². The first kappa shape index (κ1) is 32.5. The third-order valence-corrected chi connectivity index (χ3v) is 7.92. The quantitative estimate of drug-likeness (QED) is 0.378. The number of aromatic nitrogens is 1. The highest BCUT2D eigenvalue weighted by Crippen LogP contribution is 2.47. The molecule has 242 valence electrons. The number of halogens is 3. The van der Waals surface area contributed by atoms with Crippen LogP contribution in [0.5, 0.6) is 0 Å². The van der Waals surface area contributed by atoms with Crippen molar-refractivity contribution >= 4 is 35.3 Å². The molecule has 10 nitrogen and oxygen atoms in total. The molecule has 0 saturated carbocycles. The summed E-state index contributed by atoms with van der Waals surface area (Å²) in [7, 11) is 1.49. The SMILES string of the molecule is CN(Cc1ccccc1CN(CC(=O)Nc1ccc2c(c1)CC1(C2)C(=O)Nc2ncccc21)C(=O)C(F)(F)F)C(=O)OC(C)(C)C. The minimum atomic E-state index is -5.22. The number of ether oxygens (including phenoxy) is 1. The van der Waals surface area contributed by atoms with Crippen molar-refractivity contribution in [3.05, 3.63) is 88.6 Å². The summed E-state index contributed by atoms with van der Waals surface area (Å²) in [4.78, 5) is 57.0. The molecular weight excluding hydrogens is 603 g/mol. The average Bonchev–Trinajstić information content (AvgIpc) is 3.48. The lowest BCUT2D eigenvalue weighted by molar-refractivity contribution is -0.186. The van der Waals surface area contributed by atoms with E-state index in [-0.39, 0.29) is 12.5 Å². The number of nitrogens with zero attached hydrogens (tertiary/aromatic N) is 3. The molecule has 0 fully saturated rings. The van der Waals surface area contributed by atoms with E-state index >= 15 is 0 Å². The Morgan fingerprint density at radius 3 is 2.33 bits per heavy atom. The first-order chi connectivity index (χ1) is 21.6. The van der Waals surface area contributed by atoms with E-state index in [9.17, 15) is 32.3 Å². The molecule has 2 heterocycles. The summed E-state index contributed by atoms with van der Waals surface area (Å²) >= 11 is 0. The largest absolute Gasteiger partial charge is 0.471 e. The summed E-state index contributed by atoms with van der Waals surface area (Å²) in [5.41, 5.74) is 2.08. The van der Waals surface area contributed by atoms with Gasteiger partial charge in [-0.25, -0.2) is 9.78 Å². The van der Waals surface area contributed by atoms with Gasteiger partial charge in [-0.2, -0.15) is 13.2 Å². The fraction of sp³-hybridized carbons (Fsp3) is 0.364. The second-order valence-corrected chi connectivity index (χ2v) is 12.6. The third kappa shape index (κ3) is 6.82. The van der Waals surface area contributed by atoms with E-state index in [0.29, 0.717) is 40.4 Å².